The van der Waals surface area contributed by atoms with Crippen molar-refractivity contribution < 1.29 is 30.4 Å². The molecule has 1 aromatic rings. The van der Waals surface area contributed by atoms with E-state index in [2.05, 4.69) is 4.74 Å². The van der Waals surface area contributed by atoms with Gasteiger partial charge in [0.15, 0.2) is 11.4 Å². The van der Waals surface area contributed by atoms with E-state index in [9.17, 15) is 15.2 Å². The Morgan fingerprint density at radius 1 is 1.43 bits per heavy atom. The third kappa shape index (κ3) is 5.74. The number of halogens is 1. The number of hydrogen-bond acceptors (Lipinski definition) is 8. The summed E-state index contributed by atoms with van der Waals surface area (Å²) >= 11 is 1.05. The summed E-state index contributed by atoms with van der Waals surface area (Å²) in [5.74, 6) is -0.476. The van der Waals surface area contributed by atoms with E-state index in [1.54, 1.807) is 0 Å². The van der Waals surface area contributed by atoms with Crippen LogP contribution >= 0.6 is 24.2 Å². The van der Waals surface area contributed by atoms with Gasteiger partial charge in [-0.2, -0.15) is 10.5 Å². The van der Waals surface area contributed by atoms with E-state index in [1.165, 1.54) is 19.2 Å². The molecule has 0 radical (unpaired) electrons. The van der Waals surface area contributed by atoms with Crippen molar-refractivity contribution >= 4 is 41.5 Å². The van der Waals surface area contributed by atoms with Crippen molar-refractivity contribution in [1.82, 2.24) is 0 Å². The van der Waals surface area contributed by atoms with E-state index < -0.39 is 22.5 Å². The van der Waals surface area contributed by atoms with Gasteiger partial charge in [-0.15, -0.1) is 24.2 Å². The molecule has 0 aromatic heterocycles. The summed E-state index contributed by atoms with van der Waals surface area (Å²) in [6.45, 7) is 0. The Bertz CT molecular complexity index is 476. The minimum Gasteiger partial charge on any atom is -0.595 e. The summed E-state index contributed by atoms with van der Waals surface area (Å²) in [5.41, 5.74) is 5.28. The average Bonchev–Trinajstić information content (AvgIpc) is 2.43. The molecule has 0 aliphatic heterocycles. The van der Waals surface area contributed by atoms with Crippen LogP contribution in [0.2, 0.25) is 0 Å². The number of carbonyl (C=O) groups is 1. The zero-order valence-corrected chi connectivity index (χ0v) is 12.6. The highest BCUT2D eigenvalue weighted by Gasteiger charge is 2.18. The van der Waals surface area contributed by atoms with Gasteiger partial charge in [-0.1, -0.05) is 0 Å². The second-order valence-electron chi connectivity index (χ2n) is 3.76. The van der Waals surface area contributed by atoms with E-state index in [1.807, 2.05) is 0 Å². The van der Waals surface area contributed by atoms with Gasteiger partial charge in [0.1, 0.15) is 6.04 Å². The molecule has 0 bridgehead atoms. The summed E-state index contributed by atoms with van der Waals surface area (Å²) in [7, 11) is 1.21. The van der Waals surface area contributed by atoms with Crippen LogP contribution in [0.1, 0.15) is 0 Å². The molecule has 21 heavy (non-hydrogen) atoms. The lowest BCUT2D eigenvalue weighted by Gasteiger charge is -2.18. The van der Waals surface area contributed by atoms with Crippen LogP contribution < -0.4 is 16.2 Å². The fourth-order valence-electron chi connectivity index (χ4n) is 1.35. The lowest BCUT2D eigenvalue weighted by atomic mass is 10.3. The highest BCUT2D eigenvalue weighted by Crippen LogP contribution is 2.26. The van der Waals surface area contributed by atoms with Crippen molar-refractivity contribution in [3.63, 3.8) is 0 Å². The van der Waals surface area contributed by atoms with E-state index >= 15 is 0 Å². The molecule has 0 fully saturated rings. The summed E-state index contributed by atoms with van der Waals surface area (Å²) < 4.78 is 4.46. The normalized spacial score (nSPS) is 14.8. The maximum atomic E-state index is 11.1. The van der Waals surface area contributed by atoms with Crippen molar-refractivity contribution in [3.8, 4) is 0 Å². The molecule has 0 heterocycles. The van der Waals surface area contributed by atoms with Crippen LogP contribution in [0.3, 0.4) is 0 Å². The van der Waals surface area contributed by atoms with E-state index in [4.69, 9.17) is 16.1 Å². The number of ether oxygens (including phenoxy) is 1. The molecule has 9 nitrogen and oxygen atoms in total. The number of benzene rings is 1. The number of thioether (sulfide) groups is 1. The largest absolute Gasteiger partial charge is 0.595 e. The van der Waals surface area contributed by atoms with Gasteiger partial charge >= 0.3 is 5.97 Å². The number of methoxy groups -OCH3 is 1. The van der Waals surface area contributed by atoms with Crippen LogP contribution in [0.25, 0.3) is 0 Å². The predicted molar refractivity (Wildman–Crippen MR) is 76.0 cm³/mol. The Kier molecular flexibility index (Phi) is 8.73. The third-order valence-electron chi connectivity index (χ3n) is 2.38. The average molecular weight is 342 g/mol. The van der Waals surface area contributed by atoms with Crippen LogP contribution in [0.5, 0.6) is 0 Å². The lowest BCUT2D eigenvalue weighted by Crippen LogP contribution is -3.01. The van der Waals surface area contributed by atoms with Crippen LogP contribution in [-0.2, 0) is 9.53 Å². The summed E-state index contributed by atoms with van der Waals surface area (Å²) in [6, 6.07) is 2.85. The van der Waals surface area contributed by atoms with Gasteiger partial charge in [0.2, 0.25) is 0 Å². The Balaban J connectivity index is 0.00000400. The molecule has 0 aliphatic carbocycles. The predicted octanol–water partition coefficient (Wildman–Crippen LogP) is -1.49. The smallest absolute Gasteiger partial charge is 0.323 e. The number of esters is 1. The van der Waals surface area contributed by atoms with Gasteiger partial charge in [-0.05, 0) is 6.07 Å². The summed E-state index contributed by atoms with van der Waals surface area (Å²) in [4.78, 5) is 11.5. The number of nitrogens with one attached hydrogen (secondary N) is 2. The lowest BCUT2D eigenvalue weighted by molar-refractivity contribution is -0.997. The molecule has 0 saturated carbocycles. The number of rotatable bonds is 6. The van der Waals surface area contributed by atoms with Crippen LogP contribution in [-0.4, -0.2) is 35.3 Å². The molecule has 0 spiro atoms. The van der Waals surface area contributed by atoms with Gasteiger partial charge in [0.05, 0.1) is 18.1 Å². The molecule has 6 N–H and O–H groups in total. The Hall–Kier alpha value is -0.950. The molecular formula is C10H16ClN3O6S. The third-order valence-corrected chi connectivity index (χ3v) is 3.57. The molecule has 0 saturated heterocycles. The van der Waals surface area contributed by atoms with Gasteiger partial charge in [-0.3, -0.25) is 4.79 Å². The standard InChI is InChI=1S/C10H15N3O6S.ClH/c1-19-10(14)7(11)5-20-9-3-2-6(12(15)16)4-8(9)13(17)18;/h2-4,7,12-13,15,17H,5,11H2,1H3;1H. The monoisotopic (exact) mass is 341 g/mol. The molecule has 1 rings (SSSR count). The molecule has 11 heteroatoms. The van der Waals surface area contributed by atoms with Crippen molar-refractivity contribution in [2.75, 3.05) is 12.9 Å². The zero-order valence-electron chi connectivity index (χ0n) is 10.9. The van der Waals surface area contributed by atoms with Crippen molar-refractivity contribution in [2.45, 2.75) is 10.9 Å². The fraction of sp³-hybridized carbons (Fsp3) is 0.300. The van der Waals surface area contributed by atoms with Gasteiger partial charge in [0, 0.05) is 11.8 Å². The molecule has 0 aliphatic rings. The minimum atomic E-state index is -1.25. The highest BCUT2D eigenvalue weighted by molar-refractivity contribution is 7.99. The fourth-order valence-corrected chi connectivity index (χ4v) is 2.32. The minimum absolute atomic E-state index is 0. The van der Waals surface area contributed by atoms with Gasteiger partial charge in [-0.25, -0.2) is 10.4 Å². The second-order valence-corrected chi connectivity index (χ2v) is 4.82. The number of nitrogens with two attached hydrogens (primary N) is 1. The molecule has 1 aromatic carbocycles. The van der Waals surface area contributed by atoms with Crippen molar-refractivity contribution in [2.24, 2.45) is 5.73 Å². The second kappa shape index (κ2) is 9.15. The van der Waals surface area contributed by atoms with Crippen LogP contribution in [0.4, 0.5) is 11.4 Å². The van der Waals surface area contributed by atoms with Gasteiger partial charge < -0.3 is 20.9 Å². The zero-order chi connectivity index (χ0) is 15.3. The van der Waals surface area contributed by atoms with E-state index in [0.717, 1.165) is 17.8 Å². The Labute approximate surface area is 130 Å². The summed E-state index contributed by atoms with van der Waals surface area (Å²) in [6.07, 6.45) is 0. The van der Waals surface area contributed by atoms with Crippen molar-refractivity contribution in [3.05, 3.63) is 28.6 Å². The molecule has 0 amide bonds. The SMILES string of the molecule is COC(=O)C(N)CSc1ccc([NH+]([O-])O)cc1[NH+]([O-])O.Cl. The Morgan fingerprint density at radius 3 is 2.52 bits per heavy atom. The summed E-state index contributed by atoms with van der Waals surface area (Å²) in [5, 5.41) is 37.3. The topological polar surface area (TPSA) is 148 Å². The van der Waals surface area contributed by atoms with Gasteiger partial charge in [0.25, 0.3) is 0 Å². The number of hydrogen-bond donors (Lipinski definition) is 5. The first kappa shape index (κ1) is 20.1. The highest BCUT2D eigenvalue weighted by atomic mass is 35.5. The van der Waals surface area contributed by atoms with Crippen LogP contribution in [0.15, 0.2) is 23.1 Å². The number of quaternary nitrogens is 2. The van der Waals surface area contributed by atoms with Crippen LogP contribution in [0, 0.1) is 10.4 Å². The maximum Gasteiger partial charge on any atom is 0.323 e. The first-order chi connectivity index (χ1) is 9.36. The van der Waals surface area contributed by atoms with Crippen molar-refractivity contribution in [1.29, 1.82) is 0 Å². The quantitative estimate of drug-likeness (QED) is 0.239. The van der Waals surface area contributed by atoms with E-state index in [0.29, 0.717) is 4.90 Å². The first-order valence-corrected chi connectivity index (χ1v) is 6.42. The first-order valence-electron chi connectivity index (χ1n) is 5.43. The van der Waals surface area contributed by atoms with E-state index in [-0.39, 0.29) is 29.5 Å². The molecular weight excluding hydrogens is 326 g/mol. The maximum absolute atomic E-state index is 11.1. The molecule has 3 atom stereocenters. The molecule has 3 unspecified atom stereocenters. The Morgan fingerprint density at radius 2 is 2.05 bits per heavy atom. The number of carbonyl (C=O) groups excluding carboxylic acids is 1. The molecule has 120 valence electrons.